The normalized spacial score (nSPS) is 31.3. The van der Waals surface area contributed by atoms with Gasteiger partial charge in [0.25, 0.3) is 0 Å². The molecule has 2 nitrogen and oxygen atoms in total. The number of nitrogens with one attached hydrogen (secondary N) is 1. The van der Waals surface area contributed by atoms with E-state index in [4.69, 9.17) is 5.73 Å². The third-order valence-electron chi connectivity index (χ3n) is 4.13. The van der Waals surface area contributed by atoms with Crippen molar-refractivity contribution in [2.45, 2.75) is 58.9 Å². The highest BCUT2D eigenvalue weighted by molar-refractivity contribution is 4.99. The van der Waals surface area contributed by atoms with E-state index < -0.39 is 0 Å². The van der Waals surface area contributed by atoms with Crippen LogP contribution in [0.2, 0.25) is 0 Å². The zero-order chi connectivity index (χ0) is 12.2. The van der Waals surface area contributed by atoms with Gasteiger partial charge in [0.15, 0.2) is 0 Å². The molecule has 3 N–H and O–H groups in total. The van der Waals surface area contributed by atoms with Crippen LogP contribution < -0.4 is 11.1 Å². The first-order chi connectivity index (χ1) is 7.52. The molecule has 0 heterocycles. The summed E-state index contributed by atoms with van der Waals surface area (Å²) >= 11 is 0. The molecule has 1 rings (SSSR count). The van der Waals surface area contributed by atoms with E-state index in [1.807, 2.05) is 0 Å². The van der Waals surface area contributed by atoms with Gasteiger partial charge in [0, 0.05) is 12.1 Å². The van der Waals surface area contributed by atoms with Gasteiger partial charge in [-0.15, -0.1) is 0 Å². The quantitative estimate of drug-likeness (QED) is 0.756. The summed E-state index contributed by atoms with van der Waals surface area (Å²) in [6.45, 7) is 11.1. The van der Waals surface area contributed by atoms with E-state index in [1.54, 1.807) is 0 Å². The van der Waals surface area contributed by atoms with Crippen LogP contribution in [-0.4, -0.2) is 18.6 Å². The van der Waals surface area contributed by atoms with Gasteiger partial charge in [-0.05, 0) is 37.1 Å². The molecule has 2 atom stereocenters. The summed E-state index contributed by atoms with van der Waals surface area (Å²) in [5.74, 6) is 2.20. The Kier molecular flexibility index (Phi) is 5.26. The predicted molar refractivity (Wildman–Crippen MR) is 71.4 cm³/mol. The lowest BCUT2D eigenvalue weighted by Gasteiger charge is -2.47. The fourth-order valence-corrected chi connectivity index (χ4v) is 3.19. The smallest absolute Gasteiger partial charge is 0.0334 e. The van der Waals surface area contributed by atoms with Gasteiger partial charge in [-0.3, -0.25) is 0 Å². The third kappa shape index (κ3) is 3.21. The molecule has 0 aromatic carbocycles. The Morgan fingerprint density at radius 2 is 1.94 bits per heavy atom. The third-order valence-corrected chi connectivity index (χ3v) is 4.13. The van der Waals surface area contributed by atoms with Crippen LogP contribution in [0.4, 0.5) is 0 Å². The van der Waals surface area contributed by atoms with Crippen LogP contribution in [0.1, 0.15) is 53.4 Å². The second-order valence-electron chi connectivity index (χ2n) is 6.23. The predicted octanol–water partition coefficient (Wildman–Crippen LogP) is 2.78. The van der Waals surface area contributed by atoms with E-state index >= 15 is 0 Å². The maximum absolute atomic E-state index is 6.09. The first kappa shape index (κ1) is 14.0. The molecule has 0 aromatic rings. The minimum Gasteiger partial charge on any atom is -0.329 e. The Hall–Kier alpha value is -0.0800. The van der Waals surface area contributed by atoms with Crippen molar-refractivity contribution in [1.29, 1.82) is 0 Å². The molecule has 96 valence electrons. The van der Waals surface area contributed by atoms with Crippen molar-refractivity contribution < 1.29 is 0 Å². The second kappa shape index (κ2) is 6.02. The van der Waals surface area contributed by atoms with E-state index in [0.717, 1.165) is 24.9 Å². The second-order valence-corrected chi connectivity index (χ2v) is 6.23. The van der Waals surface area contributed by atoms with Gasteiger partial charge in [-0.1, -0.05) is 40.5 Å². The molecule has 2 heteroatoms. The van der Waals surface area contributed by atoms with E-state index in [-0.39, 0.29) is 5.54 Å². The van der Waals surface area contributed by atoms with Gasteiger partial charge in [0.05, 0.1) is 0 Å². The lowest BCUT2D eigenvalue weighted by atomic mass is 9.67. The lowest BCUT2D eigenvalue weighted by molar-refractivity contribution is 0.105. The molecule has 0 saturated heterocycles. The van der Waals surface area contributed by atoms with E-state index in [1.165, 1.54) is 25.7 Å². The highest BCUT2D eigenvalue weighted by Gasteiger charge is 2.40. The van der Waals surface area contributed by atoms with E-state index in [9.17, 15) is 0 Å². The Bertz CT molecular complexity index is 201. The maximum Gasteiger partial charge on any atom is 0.0334 e. The molecule has 0 aliphatic heterocycles. The summed E-state index contributed by atoms with van der Waals surface area (Å²) in [7, 11) is 0. The SMILES string of the molecule is CC(C)CNC1(CN)CCCCC1C(C)C. The molecular weight excluding hydrogens is 196 g/mol. The van der Waals surface area contributed by atoms with Gasteiger partial charge < -0.3 is 11.1 Å². The van der Waals surface area contributed by atoms with Crippen LogP contribution in [0.15, 0.2) is 0 Å². The Morgan fingerprint density at radius 3 is 2.44 bits per heavy atom. The maximum atomic E-state index is 6.09. The Labute approximate surface area is 101 Å². The summed E-state index contributed by atoms with van der Waals surface area (Å²) in [6, 6.07) is 0. The average Bonchev–Trinajstić information content (AvgIpc) is 2.26. The minimum absolute atomic E-state index is 0.219. The van der Waals surface area contributed by atoms with Gasteiger partial charge in [-0.25, -0.2) is 0 Å². The molecule has 0 spiro atoms. The van der Waals surface area contributed by atoms with Crippen molar-refractivity contribution >= 4 is 0 Å². The van der Waals surface area contributed by atoms with Crippen LogP contribution in [0, 0.1) is 17.8 Å². The molecule has 1 fully saturated rings. The number of hydrogen-bond donors (Lipinski definition) is 2. The van der Waals surface area contributed by atoms with Crippen molar-refractivity contribution in [3.05, 3.63) is 0 Å². The summed E-state index contributed by atoms with van der Waals surface area (Å²) in [5, 5.41) is 3.79. The average molecular weight is 226 g/mol. The summed E-state index contributed by atoms with van der Waals surface area (Å²) in [5.41, 5.74) is 6.31. The van der Waals surface area contributed by atoms with Crippen molar-refractivity contribution in [3.8, 4) is 0 Å². The number of nitrogens with two attached hydrogens (primary N) is 1. The Morgan fingerprint density at radius 1 is 1.25 bits per heavy atom. The van der Waals surface area contributed by atoms with E-state index in [2.05, 4.69) is 33.0 Å². The van der Waals surface area contributed by atoms with Crippen LogP contribution in [0.5, 0.6) is 0 Å². The van der Waals surface area contributed by atoms with Crippen LogP contribution in [-0.2, 0) is 0 Å². The highest BCUT2D eigenvalue weighted by atomic mass is 15.0. The monoisotopic (exact) mass is 226 g/mol. The van der Waals surface area contributed by atoms with Crippen molar-refractivity contribution in [2.24, 2.45) is 23.5 Å². The first-order valence-electron chi connectivity index (χ1n) is 6.97. The van der Waals surface area contributed by atoms with Crippen LogP contribution in [0.3, 0.4) is 0 Å². The molecule has 0 amide bonds. The molecule has 0 aromatic heterocycles. The Balaban J connectivity index is 2.71. The van der Waals surface area contributed by atoms with Gasteiger partial charge in [-0.2, -0.15) is 0 Å². The number of hydrogen-bond acceptors (Lipinski definition) is 2. The molecule has 1 saturated carbocycles. The number of rotatable bonds is 5. The van der Waals surface area contributed by atoms with Gasteiger partial charge in [0.1, 0.15) is 0 Å². The van der Waals surface area contributed by atoms with E-state index in [0.29, 0.717) is 5.92 Å². The van der Waals surface area contributed by atoms with Crippen molar-refractivity contribution in [1.82, 2.24) is 5.32 Å². The zero-order valence-corrected chi connectivity index (χ0v) is 11.6. The van der Waals surface area contributed by atoms with Crippen molar-refractivity contribution in [2.75, 3.05) is 13.1 Å². The fourth-order valence-electron chi connectivity index (χ4n) is 3.19. The molecular formula is C14H30N2. The molecule has 0 radical (unpaired) electrons. The van der Waals surface area contributed by atoms with Gasteiger partial charge in [0.2, 0.25) is 0 Å². The lowest BCUT2D eigenvalue weighted by Crippen LogP contribution is -2.60. The molecule has 1 aliphatic rings. The molecule has 0 bridgehead atoms. The fraction of sp³-hybridized carbons (Fsp3) is 1.00. The summed E-state index contributed by atoms with van der Waals surface area (Å²) in [4.78, 5) is 0. The highest BCUT2D eigenvalue weighted by Crippen LogP contribution is 2.37. The van der Waals surface area contributed by atoms with Gasteiger partial charge >= 0.3 is 0 Å². The molecule has 2 unspecified atom stereocenters. The largest absolute Gasteiger partial charge is 0.329 e. The van der Waals surface area contributed by atoms with Crippen LogP contribution >= 0.6 is 0 Å². The topological polar surface area (TPSA) is 38.0 Å². The van der Waals surface area contributed by atoms with Crippen LogP contribution in [0.25, 0.3) is 0 Å². The summed E-state index contributed by atoms with van der Waals surface area (Å²) in [6.07, 6.45) is 5.33. The zero-order valence-electron chi connectivity index (χ0n) is 11.6. The molecule has 16 heavy (non-hydrogen) atoms. The first-order valence-corrected chi connectivity index (χ1v) is 6.97. The molecule has 1 aliphatic carbocycles. The standard InChI is InChI=1S/C14H30N2/c1-11(2)9-16-14(10-15)8-6-5-7-13(14)12(3)4/h11-13,16H,5-10,15H2,1-4H3. The summed E-state index contributed by atoms with van der Waals surface area (Å²) < 4.78 is 0. The van der Waals surface area contributed by atoms with Crippen molar-refractivity contribution in [3.63, 3.8) is 0 Å². The minimum atomic E-state index is 0.219.